The van der Waals surface area contributed by atoms with Crippen LogP contribution in [0.3, 0.4) is 0 Å². The molecule has 0 spiro atoms. The van der Waals surface area contributed by atoms with Crippen molar-refractivity contribution in [3.05, 3.63) is 19.9 Å². The minimum atomic E-state index is 0. The minimum absolute atomic E-state index is 0. The topological polar surface area (TPSA) is 46.3 Å². The molecule has 2 N–H and O–H groups in total. The lowest BCUT2D eigenvalue weighted by Gasteiger charge is -2.42. The number of nitrogens with two attached hydrogens (primary N) is 1. The Balaban J connectivity index is 0.00000162. The monoisotopic (exact) mass is 400 g/mol. The molecule has 3 nitrogen and oxygen atoms in total. The third-order valence-electron chi connectivity index (χ3n) is 3.41. The van der Waals surface area contributed by atoms with Crippen molar-refractivity contribution in [3.8, 4) is 0 Å². The van der Waals surface area contributed by atoms with Crippen LogP contribution in [0.25, 0.3) is 0 Å². The number of carbonyl (C=O) groups is 1. The molecule has 0 saturated carbocycles. The third kappa shape index (κ3) is 3.37. The summed E-state index contributed by atoms with van der Waals surface area (Å²) in [5.41, 5.74) is 6.90. The van der Waals surface area contributed by atoms with Gasteiger partial charge in [-0.15, -0.1) is 23.7 Å². The number of hydrogen-bond acceptors (Lipinski definition) is 3. The van der Waals surface area contributed by atoms with Crippen molar-refractivity contribution in [1.82, 2.24) is 4.90 Å². The van der Waals surface area contributed by atoms with Crippen LogP contribution in [-0.4, -0.2) is 29.9 Å². The lowest BCUT2D eigenvalue weighted by molar-refractivity contribution is 0.0533. The number of likely N-dealkylation sites (tertiary alicyclic amines) is 1. The molecule has 1 aliphatic rings. The molecule has 0 radical (unpaired) electrons. The van der Waals surface area contributed by atoms with E-state index in [1.54, 1.807) is 11.3 Å². The number of thiophene rings is 1. The summed E-state index contributed by atoms with van der Waals surface area (Å²) in [6, 6.07) is 2.14. The van der Waals surface area contributed by atoms with Gasteiger partial charge in [0.1, 0.15) is 0 Å². The SMILES string of the molecule is CC1(C)CN(C(=O)c2csc(I)c2)CCC1N.Cl. The van der Waals surface area contributed by atoms with E-state index in [4.69, 9.17) is 5.73 Å². The van der Waals surface area contributed by atoms with Gasteiger partial charge in [-0.05, 0) is 40.5 Å². The minimum Gasteiger partial charge on any atom is -0.338 e. The zero-order chi connectivity index (χ0) is 12.6. The molecule has 0 aromatic carbocycles. The number of nitrogens with zero attached hydrogens (tertiary/aromatic N) is 1. The van der Waals surface area contributed by atoms with Gasteiger partial charge in [0.2, 0.25) is 0 Å². The summed E-state index contributed by atoms with van der Waals surface area (Å²) in [7, 11) is 0. The quantitative estimate of drug-likeness (QED) is 0.737. The second-order valence-corrected chi connectivity index (χ2v) is 8.06. The first-order valence-corrected chi connectivity index (χ1v) is 7.65. The Labute approximate surface area is 132 Å². The van der Waals surface area contributed by atoms with Crippen LogP contribution in [0.15, 0.2) is 11.4 Å². The lowest BCUT2D eigenvalue weighted by Crippen LogP contribution is -2.53. The first-order valence-electron chi connectivity index (χ1n) is 5.69. The van der Waals surface area contributed by atoms with Gasteiger partial charge >= 0.3 is 0 Å². The molecule has 0 aliphatic carbocycles. The molecular formula is C12H18ClIN2OS. The van der Waals surface area contributed by atoms with Crippen LogP contribution in [0.1, 0.15) is 30.6 Å². The zero-order valence-electron chi connectivity index (χ0n) is 10.5. The van der Waals surface area contributed by atoms with Gasteiger partial charge in [0.05, 0.1) is 8.45 Å². The summed E-state index contributed by atoms with van der Waals surface area (Å²) in [5.74, 6) is 0.143. The number of carbonyl (C=O) groups excluding carboxylic acids is 1. The summed E-state index contributed by atoms with van der Waals surface area (Å²) < 4.78 is 1.15. The van der Waals surface area contributed by atoms with Gasteiger partial charge in [-0.3, -0.25) is 4.79 Å². The highest BCUT2D eigenvalue weighted by molar-refractivity contribution is 14.1. The fourth-order valence-electron chi connectivity index (χ4n) is 2.15. The highest BCUT2D eigenvalue weighted by Crippen LogP contribution is 2.29. The predicted octanol–water partition coefficient (Wildman–Crippen LogP) is 2.97. The maximum absolute atomic E-state index is 12.3. The predicted molar refractivity (Wildman–Crippen MR) is 86.6 cm³/mol. The van der Waals surface area contributed by atoms with Crippen molar-refractivity contribution in [1.29, 1.82) is 0 Å². The summed E-state index contributed by atoms with van der Waals surface area (Å²) in [6.45, 7) is 5.79. The Kier molecular flexibility index (Phi) is 5.46. The van der Waals surface area contributed by atoms with Gasteiger partial charge in [-0.2, -0.15) is 0 Å². The smallest absolute Gasteiger partial charge is 0.254 e. The molecule has 6 heteroatoms. The number of hydrogen-bond donors (Lipinski definition) is 1. The molecule has 1 atom stereocenters. The first kappa shape index (κ1) is 16.2. The molecule has 1 amide bonds. The average molecular weight is 401 g/mol. The maximum atomic E-state index is 12.3. The van der Waals surface area contributed by atoms with Crippen molar-refractivity contribution in [2.24, 2.45) is 11.1 Å². The number of rotatable bonds is 1. The molecule has 1 aliphatic heterocycles. The van der Waals surface area contributed by atoms with Crippen LogP contribution in [0, 0.1) is 8.30 Å². The fraction of sp³-hybridized carbons (Fsp3) is 0.583. The van der Waals surface area contributed by atoms with E-state index in [-0.39, 0.29) is 29.8 Å². The van der Waals surface area contributed by atoms with Gasteiger partial charge in [-0.25, -0.2) is 0 Å². The number of piperidine rings is 1. The summed E-state index contributed by atoms with van der Waals surface area (Å²) in [5, 5.41) is 1.94. The highest BCUT2D eigenvalue weighted by atomic mass is 127. The molecular weight excluding hydrogens is 383 g/mol. The molecule has 18 heavy (non-hydrogen) atoms. The van der Waals surface area contributed by atoms with Gasteiger partial charge in [0, 0.05) is 24.5 Å². The van der Waals surface area contributed by atoms with Crippen molar-refractivity contribution in [3.63, 3.8) is 0 Å². The van der Waals surface area contributed by atoms with E-state index in [2.05, 4.69) is 36.4 Å². The molecule has 0 bridgehead atoms. The third-order valence-corrected chi connectivity index (χ3v) is 5.20. The molecule has 1 unspecified atom stereocenters. The van der Waals surface area contributed by atoms with E-state index in [0.29, 0.717) is 0 Å². The van der Waals surface area contributed by atoms with Crippen LogP contribution < -0.4 is 5.73 Å². The standard InChI is InChI=1S/C12H17IN2OS.ClH/c1-12(2)7-15(4-3-9(12)14)11(16)8-5-10(13)17-6-8;/h5-6,9H,3-4,7,14H2,1-2H3;1H. The molecule has 102 valence electrons. The van der Waals surface area contributed by atoms with Crippen molar-refractivity contribution < 1.29 is 4.79 Å². The number of halogens is 2. The lowest BCUT2D eigenvalue weighted by atomic mass is 9.79. The van der Waals surface area contributed by atoms with Gasteiger partial charge in [-0.1, -0.05) is 13.8 Å². The molecule has 1 saturated heterocycles. The van der Waals surface area contributed by atoms with Gasteiger partial charge in [0.25, 0.3) is 5.91 Å². The molecule has 1 aromatic rings. The van der Waals surface area contributed by atoms with Crippen LogP contribution in [-0.2, 0) is 0 Å². The highest BCUT2D eigenvalue weighted by Gasteiger charge is 2.35. The first-order chi connectivity index (χ1) is 7.90. The molecule has 1 aromatic heterocycles. The van der Waals surface area contributed by atoms with E-state index >= 15 is 0 Å². The van der Waals surface area contributed by atoms with Gasteiger partial charge < -0.3 is 10.6 Å². The molecule has 2 heterocycles. The Morgan fingerprint density at radius 2 is 2.28 bits per heavy atom. The van der Waals surface area contributed by atoms with E-state index < -0.39 is 0 Å². The van der Waals surface area contributed by atoms with E-state index in [0.717, 1.165) is 28.0 Å². The van der Waals surface area contributed by atoms with E-state index in [9.17, 15) is 4.79 Å². The summed E-state index contributed by atoms with van der Waals surface area (Å²) in [6.07, 6.45) is 0.889. The normalized spacial score (nSPS) is 22.4. The van der Waals surface area contributed by atoms with Crippen LogP contribution >= 0.6 is 46.3 Å². The Bertz CT molecular complexity index is 435. The largest absolute Gasteiger partial charge is 0.338 e. The summed E-state index contributed by atoms with van der Waals surface area (Å²) >= 11 is 3.85. The Morgan fingerprint density at radius 3 is 2.78 bits per heavy atom. The number of amides is 1. The van der Waals surface area contributed by atoms with Crippen molar-refractivity contribution in [2.45, 2.75) is 26.3 Å². The van der Waals surface area contributed by atoms with E-state index in [1.807, 2.05) is 16.3 Å². The fourth-order valence-corrected chi connectivity index (χ4v) is 3.47. The zero-order valence-corrected chi connectivity index (χ0v) is 14.3. The molecule has 2 rings (SSSR count). The maximum Gasteiger partial charge on any atom is 0.254 e. The Hall–Kier alpha value is 0.150. The Morgan fingerprint density at radius 1 is 1.61 bits per heavy atom. The molecule has 1 fully saturated rings. The van der Waals surface area contributed by atoms with Crippen molar-refractivity contribution in [2.75, 3.05) is 13.1 Å². The van der Waals surface area contributed by atoms with Crippen LogP contribution in [0.2, 0.25) is 0 Å². The summed E-state index contributed by atoms with van der Waals surface area (Å²) in [4.78, 5) is 14.2. The van der Waals surface area contributed by atoms with E-state index in [1.165, 1.54) is 0 Å². The van der Waals surface area contributed by atoms with Crippen LogP contribution in [0.5, 0.6) is 0 Å². The van der Waals surface area contributed by atoms with Crippen molar-refractivity contribution >= 4 is 52.2 Å². The average Bonchev–Trinajstić information content (AvgIpc) is 2.68. The second-order valence-electron chi connectivity index (χ2n) is 5.25. The van der Waals surface area contributed by atoms with Gasteiger partial charge in [0.15, 0.2) is 0 Å². The second kappa shape index (κ2) is 6.07. The van der Waals surface area contributed by atoms with Crippen LogP contribution in [0.4, 0.5) is 0 Å².